The number of halogens is 3. The maximum Gasteiger partial charge on any atom is 0.416 e. The summed E-state index contributed by atoms with van der Waals surface area (Å²) in [6.45, 7) is 0. The predicted molar refractivity (Wildman–Crippen MR) is 93.7 cm³/mol. The van der Waals surface area contributed by atoms with Gasteiger partial charge in [-0.05, 0) is 42.0 Å². The molecule has 1 heterocycles. The van der Waals surface area contributed by atoms with Gasteiger partial charge in [0.05, 0.1) is 5.56 Å². The average molecular weight is 358 g/mol. The van der Waals surface area contributed by atoms with Gasteiger partial charge in [-0.1, -0.05) is 30.3 Å². The molecule has 1 N–H and O–H groups in total. The molecule has 0 fully saturated rings. The number of hydrogen-bond acceptors (Lipinski definition) is 1. The van der Waals surface area contributed by atoms with E-state index >= 15 is 0 Å². The smallest absolute Gasteiger partial charge is 0.342 e. The number of nitrogens with zero attached hydrogens (tertiary/aromatic N) is 1. The van der Waals surface area contributed by atoms with Crippen LogP contribution in [0.25, 0.3) is 0 Å². The van der Waals surface area contributed by atoms with Gasteiger partial charge >= 0.3 is 6.18 Å². The maximum absolute atomic E-state index is 12.7. The molecule has 2 aromatic carbocycles. The molecule has 134 valence electrons. The number of benzene rings is 2. The molecule has 3 rings (SSSR count). The SMILES string of the molecule is O=C(Nc1ccc(C(F)(F)F)cc1)[C@H](Cc1ccccc1)n1cccc1. The predicted octanol–water partition coefficient (Wildman–Crippen LogP) is 4.93. The van der Waals surface area contributed by atoms with Crippen LogP contribution in [0, 0.1) is 0 Å². The molecule has 1 aromatic heterocycles. The van der Waals surface area contributed by atoms with E-state index in [1.165, 1.54) is 12.1 Å². The molecule has 0 saturated carbocycles. The van der Waals surface area contributed by atoms with Gasteiger partial charge < -0.3 is 9.88 Å². The van der Waals surface area contributed by atoms with E-state index in [9.17, 15) is 18.0 Å². The zero-order valence-electron chi connectivity index (χ0n) is 13.8. The van der Waals surface area contributed by atoms with Crippen molar-refractivity contribution in [3.63, 3.8) is 0 Å². The van der Waals surface area contributed by atoms with Crippen molar-refractivity contribution >= 4 is 11.6 Å². The lowest BCUT2D eigenvalue weighted by Gasteiger charge is -2.19. The summed E-state index contributed by atoms with van der Waals surface area (Å²) in [5.41, 5.74) is 0.573. The van der Waals surface area contributed by atoms with Gasteiger partial charge in [-0.15, -0.1) is 0 Å². The van der Waals surface area contributed by atoms with E-state index in [1.807, 2.05) is 42.5 Å². The summed E-state index contributed by atoms with van der Waals surface area (Å²) in [5, 5.41) is 2.70. The lowest BCUT2D eigenvalue weighted by atomic mass is 10.0. The molecule has 0 saturated heterocycles. The van der Waals surface area contributed by atoms with Crippen molar-refractivity contribution in [2.24, 2.45) is 0 Å². The molecule has 6 heteroatoms. The van der Waals surface area contributed by atoms with Crippen molar-refractivity contribution in [1.82, 2.24) is 4.57 Å². The minimum absolute atomic E-state index is 0.287. The highest BCUT2D eigenvalue weighted by Gasteiger charge is 2.30. The molecule has 3 nitrogen and oxygen atoms in total. The van der Waals surface area contributed by atoms with Crippen LogP contribution in [0.3, 0.4) is 0 Å². The normalized spacial score (nSPS) is 12.6. The molecular weight excluding hydrogens is 341 g/mol. The first-order chi connectivity index (χ1) is 12.4. The van der Waals surface area contributed by atoms with Gasteiger partial charge in [0, 0.05) is 24.5 Å². The highest BCUT2D eigenvalue weighted by molar-refractivity contribution is 5.94. The van der Waals surface area contributed by atoms with Crippen LogP contribution in [0.15, 0.2) is 79.1 Å². The summed E-state index contributed by atoms with van der Waals surface area (Å²) in [5.74, 6) is -0.287. The molecule has 26 heavy (non-hydrogen) atoms. The van der Waals surface area contributed by atoms with E-state index in [0.717, 1.165) is 17.7 Å². The largest absolute Gasteiger partial charge is 0.416 e. The van der Waals surface area contributed by atoms with Crippen molar-refractivity contribution in [1.29, 1.82) is 0 Å². The van der Waals surface area contributed by atoms with E-state index in [-0.39, 0.29) is 5.91 Å². The third-order valence-electron chi connectivity index (χ3n) is 4.04. The van der Waals surface area contributed by atoms with Gasteiger partial charge in [-0.2, -0.15) is 13.2 Å². The number of alkyl halides is 3. The van der Waals surface area contributed by atoms with Crippen molar-refractivity contribution in [3.05, 3.63) is 90.3 Å². The Balaban J connectivity index is 1.77. The molecule has 0 aliphatic heterocycles. The van der Waals surface area contributed by atoms with Crippen molar-refractivity contribution in [2.45, 2.75) is 18.6 Å². The van der Waals surface area contributed by atoms with Gasteiger partial charge in [-0.25, -0.2) is 0 Å². The average Bonchev–Trinajstić information content (AvgIpc) is 3.14. The second-order valence-corrected chi connectivity index (χ2v) is 5.90. The minimum atomic E-state index is -4.40. The molecule has 3 aromatic rings. The number of rotatable bonds is 5. The maximum atomic E-state index is 12.7. The monoisotopic (exact) mass is 358 g/mol. The molecule has 0 bridgehead atoms. The Kier molecular flexibility index (Phi) is 5.11. The van der Waals surface area contributed by atoms with Crippen LogP contribution in [0.1, 0.15) is 17.2 Å². The van der Waals surface area contributed by atoms with Crippen molar-refractivity contribution in [3.8, 4) is 0 Å². The number of carbonyl (C=O) groups excluding carboxylic acids is 1. The van der Waals surface area contributed by atoms with Crippen LogP contribution < -0.4 is 5.32 Å². The first-order valence-corrected chi connectivity index (χ1v) is 8.08. The molecule has 1 atom stereocenters. The third-order valence-corrected chi connectivity index (χ3v) is 4.04. The summed E-state index contributed by atoms with van der Waals surface area (Å²) in [7, 11) is 0. The number of aromatic nitrogens is 1. The summed E-state index contributed by atoms with van der Waals surface area (Å²) in [6.07, 6.45) is -0.342. The van der Waals surface area contributed by atoms with Gasteiger partial charge in [0.1, 0.15) is 6.04 Å². The Hall–Kier alpha value is -3.02. The molecule has 1 amide bonds. The quantitative estimate of drug-likeness (QED) is 0.689. The first-order valence-electron chi connectivity index (χ1n) is 8.08. The highest BCUT2D eigenvalue weighted by atomic mass is 19.4. The molecule has 0 unspecified atom stereocenters. The number of amides is 1. The van der Waals surface area contributed by atoms with Crippen LogP contribution in [-0.2, 0) is 17.4 Å². The second kappa shape index (κ2) is 7.47. The van der Waals surface area contributed by atoms with Crippen molar-refractivity contribution in [2.75, 3.05) is 5.32 Å². The summed E-state index contributed by atoms with van der Waals surface area (Å²) in [4.78, 5) is 12.7. The van der Waals surface area contributed by atoms with E-state index in [1.54, 1.807) is 17.0 Å². The first kappa shape index (κ1) is 17.8. The lowest BCUT2D eigenvalue weighted by Crippen LogP contribution is -2.27. The third kappa shape index (κ3) is 4.33. The fourth-order valence-electron chi connectivity index (χ4n) is 2.69. The number of nitrogens with one attached hydrogen (secondary N) is 1. The van der Waals surface area contributed by atoms with Crippen molar-refractivity contribution < 1.29 is 18.0 Å². The summed E-state index contributed by atoms with van der Waals surface area (Å²) >= 11 is 0. The van der Waals surface area contributed by atoms with Crippen LogP contribution in [0.5, 0.6) is 0 Å². The summed E-state index contributed by atoms with van der Waals surface area (Å²) in [6, 6.07) is 17.1. The fourth-order valence-corrected chi connectivity index (χ4v) is 2.69. The minimum Gasteiger partial charge on any atom is -0.342 e. The zero-order chi connectivity index (χ0) is 18.6. The number of anilines is 1. The number of hydrogen-bond donors (Lipinski definition) is 1. The molecule has 0 spiro atoms. The lowest BCUT2D eigenvalue weighted by molar-refractivity contribution is -0.137. The Morgan fingerprint density at radius 2 is 1.54 bits per heavy atom. The molecule has 0 radical (unpaired) electrons. The number of carbonyl (C=O) groups is 1. The Morgan fingerprint density at radius 3 is 2.12 bits per heavy atom. The molecule has 0 aliphatic rings. The Bertz CT molecular complexity index is 841. The van der Waals surface area contributed by atoms with Gasteiger partial charge in [0.2, 0.25) is 5.91 Å². The van der Waals surface area contributed by atoms with Crippen LogP contribution in [0.4, 0.5) is 18.9 Å². The Labute approximate surface area is 149 Å². The van der Waals surface area contributed by atoms with E-state index in [0.29, 0.717) is 12.1 Å². The van der Waals surface area contributed by atoms with Crippen LogP contribution in [0.2, 0.25) is 0 Å². The second-order valence-electron chi connectivity index (χ2n) is 5.90. The highest BCUT2D eigenvalue weighted by Crippen LogP contribution is 2.30. The summed E-state index contributed by atoms with van der Waals surface area (Å²) < 4.78 is 39.7. The van der Waals surface area contributed by atoms with Gasteiger partial charge in [0.15, 0.2) is 0 Å². The van der Waals surface area contributed by atoms with Crippen LogP contribution >= 0.6 is 0 Å². The Morgan fingerprint density at radius 1 is 0.923 bits per heavy atom. The molecular formula is C20H17F3N2O. The molecule has 0 aliphatic carbocycles. The van der Waals surface area contributed by atoms with Crippen LogP contribution in [-0.4, -0.2) is 10.5 Å². The zero-order valence-corrected chi connectivity index (χ0v) is 13.8. The van der Waals surface area contributed by atoms with Gasteiger partial charge in [0.25, 0.3) is 0 Å². The van der Waals surface area contributed by atoms with Gasteiger partial charge in [-0.3, -0.25) is 4.79 Å². The van der Waals surface area contributed by atoms with E-state index in [4.69, 9.17) is 0 Å². The topological polar surface area (TPSA) is 34.0 Å². The van der Waals surface area contributed by atoms with E-state index in [2.05, 4.69) is 5.32 Å². The van der Waals surface area contributed by atoms with E-state index < -0.39 is 17.8 Å². The standard InChI is InChI=1S/C20H17F3N2O/c21-20(22,23)16-8-10-17(11-9-16)24-19(26)18(25-12-4-5-13-25)14-15-6-2-1-3-7-15/h1-13,18H,14H2,(H,24,26)/t18-/m0/s1. The fraction of sp³-hybridized carbons (Fsp3) is 0.150.